The van der Waals surface area contributed by atoms with Crippen molar-refractivity contribution in [1.82, 2.24) is 4.57 Å². The standard InChI is InChI=1S/C65H45N3/c1-5-20-46(21-6-1)49-24-19-31-53(42-49)67-63-35-18-16-33-59(63)60-41-39-56(45-64(60)67)66(54-37-36-47-22-13-14-23-48(47)43-54)55-38-40-58-57-32-15-17-34-61(57)65(62(58)44-55,50-25-7-2-8-26-50)68(51-27-9-3-10-28-51)52-29-11-4-12-30-52/h1-45H. The summed E-state index contributed by atoms with van der Waals surface area (Å²) >= 11 is 0. The number of rotatable bonds is 9. The first-order valence-electron chi connectivity index (χ1n) is 23.4. The van der Waals surface area contributed by atoms with Crippen molar-refractivity contribution in [2.45, 2.75) is 5.54 Å². The number of nitrogens with zero attached hydrogens (tertiary/aromatic N) is 3. The van der Waals surface area contributed by atoms with Crippen molar-refractivity contribution >= 4 is 61.0 Å². The third-order valence-corrected chi connectivity index (χ3v) is 13.9. The fourth-order valence-electron chi connectivity index (χ4n) is 11.0. The number of hydrogen-bond donors (Lipinski definition) is 0. The molecular formula is C65H45N3. The second-order valence-electron chi connectivity index (χ2n) is 17.7. The van der Waals surface area contributed by atoms with Crippen LogP contribution in [-0.2, 0) is 5.54 Å². The van der Waals surface area contributed by atoms with E-state index < -0.39 is 5.54 Å². The minimum atomic E-state index is -0.749. The topological polar surface area (TPSA) is 11.4 Å². The Morgan fingerprint density at radius 3 is 1.65 bits per heavy atom. The highest BCUT2D eigenvalue weighted by Gasteiger charge is 2.50. The van der Waals surface area contributed by atoms with Crippen LogP contribution in [0, 0.1) is 0 Å². The summed E-state index contributed by atoms with van der Waals surface area (Å²) < 4.78 is 2.44. The lowest BCUT2D eigenvalue weighted by atomic mass is 9.78. The molecule has 3 nitrogen and oxygen atoms in total. The Bertz CT molecular complexity index is 3760. The molecule has 68 heavy (non-hydrogen) atoms. The van der Waals surface area contributed by atoms with Crippen LogP contribution in [0.2, 0.25) is 0 Å². The molecule has 320 valence electrons. The smallest absolute Gasteiger partial charge is 0.122 e. The molecule has 0 bridgehead atoms. The number of para-hydroxylation sites is 3. The Hall–Kier alpha value is -8.92. The average Bonchev–Trinajstić information content (AvgIpc) is 3.90. The molecule has 1 aliphatic carbocycles. The van der Waals surface area contributed by atoms with Gasteiger partial charge >= 0.3 is 0 Å². The van der Waals surface area contributed by atoms with E-state index >= 15 is 0 Å². The second kappa shape index (κ2) is 16.2. The Kier molecular flexibility index (Phi) is 9.40. The van der Waals surface area contributed by atoms with Crippen LogP contribution in [0.1, 0.15) is 16.7 Å². The molecule has 0 saturated carbocycles. The lowest BCUT2D eigenvalue weighted by molar-refractivity contribution is 0.644. The van der Waals surface area contributed by atoms with Gasteiger partial charge in [-0.2, -0.15) is 0 Å². The number of hydrogen-bond acceptors (Lipinski definition) is 2. The van der Waals surface area contributed by atoms with E-state index in [0.717, 1.165) is 39.6 Å². The zero-order chi connectivity index (χ0) is 45.0. The van der Waals surface area contributed by atoms with Crippen molar-refractivity contribution in [2.75, 3.05) is 9.80 Å². The molecule has 0 N–H and O–H groups in total. The van der Waals surface area contributed by atoms with Gasteiger partial charge in [0.2, 0.25) is 0 Å². The van der Waals surface area contributed by atoms with Crippen molar-refractivity contribution in [3.8, 4) is 27.9 Å². The summed E-state index contributed by atoms with van der Waals surface area (Å²) in [7, 11) is 0. The zero-order valence-corrected chi connectivity index (χ0v) is 37.3. The first-order chi connectivity index (χ1) is 33.7. The molecule has 1 aromatic heterocycles. The van der Waals surface area contributed by atoms with Gasteiger partial charge < -0.3 is 14.4 Å². The molecule has 1 unspecified atom stereocenters. The highest BCUT2D eigenvalue weighted by atomic mass is 15.2. The maximum Gasteiger partial charge on any atom is 0.122 e. The van der Waals surface area contributed by atoms with Crippen LogP contribution in [-0.4, -0.2) is 4.57 Å². The number of benzene rings is 11. The number of aromatic nitrogens is 1. The highest BCUT2D eigenvalue weighted by molar-refractivity contribution is 6.10. The fourth-order valence-corrected chi connectivity index (χ4v) is 11.0. The molecule has 1 aliphatic rings. The van der Waals surface area contributed by atoms with Gasteiger partial charge in [0.15, 0.2) is 0 Å². The van der Waals surface area contributed by atoms with Crippen LogP contribution in [0.15, 0.2) is 273 Å². The van der Waals surface area contributed by atoms with Gasteiger partial charge in [0.1, 0.15) is 5.54 Å². The molecular weight excluding hydrogens is 823 g/mol. The first-order valence-corrected chi connectivity index (χ1v) is 23.4. The van der Waals surface area contributed by atoms with E-state index in [1.165, 1.54) is 66.0 Å². The quantitative estimate of drug-likeness (QED) is 0.143. The van der Waals surface area contributed by atoms with Crippen molar-refractivity contribution in [1.29, 1.82) is 0 Å². The van der Waals surface area contributed by atoms with Gasteiger partial charge in [-0.3, -0.25) is 0 Å². The van der Waals surface area contributed by atoms with E-state index in [-0.39, 0.29) is 0 Å². The normalized spacial score (nSPS) is 13.9. The molecule has 12 aromatic rings. The molecule has 1 atom stereocenters. The van der Waals surface area contributed by atoms with Gasteiger partial charge in [0.25, 0.3) is 0 Å². The van der Waals surface area contributed by atoms with E-state index in [1.54, 1.807) is 0 Å². The Balaban J connectivity index is 1.09. The summed E-state index contributed by atoms with van der Waals surface area (Å²) in [6, 6.07) is 100. The summed E-state index contributed by atoms with van der Waals surface area (Å²) in [4.78, 5) is 5.02. The molecule has 0 aliphatic heterocycles. The van der Waals surface area contributed by atoms with Crippen LogP contribution >= 0.6 is 0 Å². The lowest BCUT2D eigenvalue weighted by Crippen LogP contribution is -2.44. The molecule has 0 amide bonds. The van der Waals surface area contributed by atoms with Gasteiger partial charge in [0.05, 0.1) is 11.0 Å². The summed E-state index contributed by atoms with van der Waals surface area (Å²) in [5, 5.41) is 4.83. The van der Waals surface area contributed by atoms with E-state index in [1.807, 2.05) is 0 Å². The van der Waals surface area contributed by atoms with Gasteiger partial charge in [-0.1, -0.05) is 194 Å². The minimum Gasteiger partial charge on any atom is -0.323 e. The van der Waals surface area contributed by atoms with Gasteiger partial charge in [-0.15, -0.1) is 0 Å². The van der Waals surface area contributed by atoms with Crippen molar-refractivity contribution in [3.05, 3.63) is 290 Å². The first kappa shape index (κ1) is 39.4. The zero-order valence-electron chi connectivity index (χ0n) is 37.3. The van der Waals surface area contributed by atoms with E-state index in [2.05, 4.69) is 287 Å². The van der Waals surface area contributed by atoms with Crippen molar-refractivity contribution in [2.24, 2.45) is 0 Å². The van der Waals surface area contributed by atoms with Crippen LogP contribution in [0.4, 0.5) is 28.4 Å². The maximum atomic E-state index is 2.56. The lowest BCUT2D eigenvalue weighted by Gasteiger charge is -2.45. The predicted molar refractivity (Wildman–Crippen MR) is 285 cm³/mol. The van der Waals surface area contributed by atoms with E-state index in [0.29, 0.717) is 0 Å². The Morgan fingerprint density at radius 1 is 0.309 bits per heavy atom. The summed E-state index contributed by atoms with van der Waals surface area (Å²) in [5.74, 6) is 0. The third-order valence-electron chi connectivity index (χ3n) is 13.9. The van der Waals surface area contributed by atoms with Crippen molar-refractivity contribution < 1.29 is 0 Å². The molecule has 13 rings (SSSR count). The highest BCUT2D eigenvalue weighted by Crippen LogP contribution is 2.58. The number of fused-ring (bicyclic) bond motifs is 7. The monoisotopic (exact) mass is 867 g/mol. The van der Waals surface area contributed by atoms with Gasteiger partial charge in [-0.05, 0) is 129 Å². The predicted octanol–water partition coefficient (Wildman–Crippen LogP) is 17.2. The van der Waals surface area contributed by atoms with Crippen molar-refractivity contribution in [3.63, 3.8) is 0 Å². The third kappa shape index (κ3) is 6.28. The van der Waals surface area contributed by atoms with Crippen LogP contribution in [0.25, 0.3) is 60.5 Å². The maximum absolute atomic E-state index is 2.56. The molecule has 0 fully saturated rings. The molecule has 0 spiro atoms. The number of anilines is 5. The summed E-state index contributed by atoms with van der Waals surface area (Å²) in [5.41, 5.74) is 16.6. The average molecular weight is 868 g/mol. The molecule has 0 radical (unpaired) electrons. The van der Waals surface area contributed by atoms with Crippen LogP contribution in [0.5, 0.6) is 0 Å². The Labute approximate surface area is 396 Å². The van der Waals surface area contributed by atoms with Crippen LogP contribution in [0.3, 0.4) is 0 Å². The van der Waals surface area contributed by atoms with Gasteiger partial charge in [-0.25, -0.2) is 0 Å². The fraction of sp³-hybridized carbons (Fsp3) is 0.0154. The second-order valence-corrected chi connectivity index (χ2v) is 17.7. The molecule has 3 heteroatoms. The van der Waals surface area contributed by atoms with Crippen LogP contribution < -0.4 is 9.80 Å². The van der Waals surface area contributed by atoms with E-state index in [4.69, 9.17) is 0 Å². The van der Waals surface area contributed by atoms with E-state index in [9.17, 15) is 0 Å². The molecule has 0 saturated heterocycles. The summed E-state index contributed by atoms with van der Waals surface area (Å²) in [6.45, 7) is 0. The largest absolute Gasteiger partial charge is 0.323 e. The SMILES string of the molecule is c1ccc(-c2cccc(-n3c4ccccc4c4ccc(N(c5ccc6c(c5)C(c5ccccc5)(N(c5ccccc5)c5ccccc5)c5ccccc5-6)c5ccc6ccccc6c5)cc43)c2)cc1. The molecule has 1 heterocycles. The minimum absolute atomic E-state index is 0.749. The Morgan fingerprint density at radius 2 is 0.868 bits per heavy atom. The molecule has 11 aromatic carbocycles. The van der Waals surface area contributed by atoms with Gasteiger partial charge in [0, 0.05) is 44.9 Å². The summed E-state index contributed by atoms with van der Waals surface area (Å²) in [6.07, 6.45) is 0.